The zero-order valence-electron chi connectivity index (χ0n) is 20.5. The molecule has 0 saturated carbocycles. The number of carbonyl (C=O) groups is 1. The summed E-state index contributed by atoms with van der Waals surface area (Å²) in [5.41, 5.74) is 3.47. The first-order valence-corrected chi connectivity index (χ1v) is 14.1. The van der Waals surface area contributed by atoms with Crippen LogP contribution in [0.5, 0.6) is 0 Å². The summed E-state index contributed by atoms with van der Waals surface area (Å²) < 4.78 is 23.7. The van der Waals surface area contributed by atoms with Crippen molar-refractivity contribution in [3.8, 4) is 6.07 Å². The van der Waals surface area contributed by atoms with Gasteiger partial charge in [-0.2, -0.15) is 5.26 Å². The average Bonchev–Trinajstić information content (AvgIpc) is 2.90. The Morgan fingerprint density at radius 2 is 1.64 bits per heavy atom. The Morgan fingerprint density at radius 1 is 0.972 bits per heavy atom. The van der Waals surface area contributed by atoms with Crippen LogP contribution in [0.2, 0.25) is 0 Å². The summed E-state index contributed by atoms with van der Waals surface area (Å²) in [6.07, 6.45) is 3.65. The Bertz CT molecular complexity index is 1320. The maximum absolute atomic E-state index is 13.6. The molecule has 36 heavy (non-hydrogen) atoms. The predicted octanol–water partition coefficient (Wildman–Crippen LogP) is 4.31. The quantitative estimate of drug-likeness (QED) is 0.459. The van der Waals surface area contributed by atoms with Crippen molar-refractivity contribution in [2.45, 2.75) is 36.7 Å². The molecule has 0 unspecified atom stereocenters. The number of likely N-dealkylation sites (tertiary alicyclic amines) is 1. The lowest BCUT2D eigenvalue weighted by molar-refractivity contribution is 0.0568. The van der Waals surface area contributed by atoms with Gasteiger partial charge < -0.3 is 4.90 Å². The number of rotatable bonds is 8. The molecule has 0 aromatic heterocycles. The predicted molar refractivity (Wildman–Crippen MR) is 140 cm³/mol. The van der Waals surface area contributed by atoms with Gasteiger partial charge >= 0.3 is 0 Å². The zero-order chi connectivity index (χ0) is 25.5. The standard InChI is InChI=1S/C29H31N3O3S/c1-36(34,35)28-12-10-26(11-13-28)29(33)32(19-14-23-6-3-2-4-7-23)27-15-17-31(18-16-27)22-25-9-5-8-24(20-25)21-30/h2-13,20,27H,14-19,22H2,1H3. The second-order valence-electron chi connectivity index (χ2n) is 9.35. The van der Waals surface area contributed by atoms with Crippen LogP contribution in [0.15, 0.2) is 83.8 Å². The molecule has 1 amide bonds. The summed E-state index contributed by atoms with van der Waals surface area (Å²) in [7, 11) is -3.32. The molecular weight excluding hydrogens is 470 g/mol. The molecule has 4 rings (SSSR count). The highest BCUT2D eigenvalue weighted by Gasteiger charge is 2.28. The molecule has 0 radical (unpaired) electrons. The second-order valence-corrected chi connectivity index (χ2v) is 11.4. The van der Waals surface area contributed by atoms with Gasteiger partial charge in [0.25, 0.3) is 5.91 Å². The lowest BCUT2D eigenvalue weighted by atomic mass is 10.00. The van der Waals surface area contributed by atoms with Crippen LogP contribution in [0.1, 0.15) is 39.9 Å². The van der Waals surface area contributed by atoms with Gasteiger partial charge in [0, 0.05) is 44.0 Å². The molecule has 6 nitrogen and oxygen atoms in total. The van der Waals surface area contributed by atoms with Gasteiger partial charge in [-0.1, -0.05) is 42.5 Å². The Morgan fingerprint density at radius 3 is 2.28 bits per heavy atom. The molecule has 1 heterocycles. The summed E-state index contributed by atoms with van der Waals surface area (Å²) in [5, 5.41) is 9.17. The van der Waals surface area contributed by atoms with Crippen LogP contribution in [0.3, 0.4) is 0 Å². The molecule has 1 aliphatic rings. The van der Waals surface area contributed by atoms with E-state index in [1.54, 1.807) is 12.1 Å². The molecular formula is C29H31N3O3S. The number of nitrogens with zero attached hydrogens (tertiary/aromatic N) is 3. The minimum atomic E-state index is -3.32. The van der Waals surface area contributed by atoms with Crippen molar-refractivity contribution in [3.05, 3.63) is 101 Å². The Labute approximate surface area is 213 Å². The zero-order valence-corrected chi connectivity index (χ0v) is 21.3. The van der Waals surface area contributed by atoms with Crippen molar-refractivity contribution in [1.82, 2.24) is 9.80 Å². The fraction of sp³-hybridized carbons (Fsp3) is 0.310. The number of carbonyl (C=O) groups excluding carboxylic acids is 1. The summed E-state index contributed by atoms with van der Waals surface area (Å²) in [5.74, 6) is -0.0637. The fourth-order valence-corrected chi connectivity index (χ4v) is 5.37. The first-order valence-electron chi connectivity index (χ1n) is 12.2. The largest absolute Gasteiger partial charge is 0.335 e. The van der Waals surface area contributed by atoms with E-state index < -0.39 is 9.84 Å². The first kappa shape index (κ1) is 25.6. The topological polar surface area (TPSA) is 81.5 Å². The molecule has 0 atom stereocenters. The minimum Gasteiger partial charge on any atom is -0.335 e. The van der Waals surface area contributed by atoms with E-state index in [4.69, 9.17) is 5.26 Å². The third-order valence-electron chi connectivity index (χ3n) is 6.73. The highest BCUT2D eigenvalue weighted by molar-refractivity contribution is 7.90. The highest BCUT2D eigenvalue weighted by Crippen LogP contribution is 2.22. The van der Waals surface area contributed by atoms with E-state index in [0.29, 0.717) is 17.7 Å². The molecule has 0 bridgehead atoms. The molecule has 7 heteroatoms. The minimum absolute atomic E-state index is 0.0637. The van der Waals surface area contributed by atoms with Gasteiger partial charge in [-0.25, -0.2) is 8.42 Å². The molecule has 3 aromatic carbocycles. The number of amides is 1. The SMILES string of the molecule is CS(=O)(=O)c1ccc(C(=O)N(CCc2ccccc2)C2CCN(Cc3cccc(C#N)c3)CC2)cc1. The molecule has 1 fully saturated rings. The van der Waals surface area contributed by atoms with Crippen molar-refractivity contribution in [3.63, 3.8) is 0 Å². The van der Waals surface area contributed by atoms with Gasteiger partial charge in [0.05, 0.1) is 16.5 Å². The third kappa shape index (κ3) is 6.60. The summed E-state index contributed by atoms with van der Waals surface area (Å²) >= 11 is 0. The van der Waals surface area contributed by atoms with E-state index in [9.17, 15) is 13.2 Å². The number of hydrogen-bond acceptors (Lipinski definition) is 5. The number of sulfone groups is 1. The van der Waals surface area contributed by atoms with Crippen molar-refractivity contribution >= 4 is 15.7 Å². The number of hydrogen-bond donors (Lipinski definition) is 0. The van der Waals surface area contributed by atoms with Crippen LogP contribution in [0.4, 0.5) is 0 Å². The Kier molecular flexibility index (Phi) is 8.19. The van der Waals surface area contributed by atoms with Crippen LogP contribution < -0.4 is 0 Å². The van der Waals surface area contributed by atoms with Crippen molar-refractivity contribution in [2.75, 3.05) is 25.9 Å². The van der Waals surface area contributed by atoms with Crippen LogP contribution in [0.25, 0.3) is 0 Å². The third-order valence-corrected chi connectivity index (χ3v) is 7.86. The van der Waals surface area contributed by atoms with Crippen molar-refractivity contribution in [2.24, 2.45) is 0 Å². The van der Waals surface area contributed by atoms with E-state index in [1.165, 1.54) is 24.0 Å². The number of benzene rings is 3. The lowest BCUT2D eigenvalue weighted by Crippen LogP contribution is -2.48. The molecule has 0 aliphatic carbocycles. The van der Waals surface area contributed by atoms with Crippen molar-refractivity contribution in [1.29, 1.82) is 5.26 Å². The molecule has 0 N–H and O–H groups in total. The first-order chi connectivity index (χ1) is 17.3. The summed E-state index contributed by atoms with van der Waals surface area (Å²) in [6, 6.07) is 26.4. The van der Waals surface area contributed by atoms with Gasteiger partial charge in [0.2, 0.25) is 0 Å². The maximum atomic E-state index is 13.6. The smallest absolute Gasteiger partial charge is 0.254 e. The monoisotopic (exact) mass is 501 g/mol. The highest BCUT2D eigenvalue weighted by atomic mass is 32.2. The van der Waals surface area contributed by atoms with E-state index in [2.05, 4.69) is 23.1 Å². The Balaban J connectivity index is 1.46. The average molecular weight is 502 g/mol. The molecule has 186 valence electrons. The maximum Gasteiger partial charge on any atom is 0.254 e. The van der Waals surface area contributed by atoms with Crippen LogP contribution in [-0.2, 0) is 22.8 Å². The van der Waals surface area contributed by atoms with Gasteiger partial charge in [-0.15, -0.1) is 0 Å². The normalized spacial score (nSPS) is 14.8. The van der Waals surface area contributed by atoms with E-state index in [1.807, 2.05) is 47.4 Å². The molecule has 1 aliphatic heterocycles. The van der Waals surface area contributed by atoms with Crippen molar-refractivity contribution < 1.29 is 13.2 Å². The van der Waals surface area contributed by atoms with Crippen LogP contribution in [-0.4, -0.2) is 56.1 Å². The summed E-state index contributed by atoms with van der Waals surface area (Å²) in [4.78, 5) is 18.2. The summed E-state index contributed by atoms with van der Waals surface area (Å²) in [6.45, 7) is 3.12. The lowest BCUT2D eigenvalue weighted by Gasteiger charge is -2.39. The molecule has 3 aromatic rings. The van der Waals surface area contributed by atoms with Gasteiger partial charge in [-0.05, 0) is 66.8 Å². The van der Waals surface area contributed by atoms with Gasteiger partial charge in [0.15, 0.2) is 9.84 Å². The number of nitriles is 1. The molecule has 0 spiro atoms. The number of piperidine rings is 1. The van der Waals surface area contributed by atoms with E-state index in [-0.39, 0.29) is 16.8 Å². The van der Waals surface area contributed by atoms with E-state index in [0.717, 1.165) is 44.5 Å². The van der Waals surface area contributed by atoms with Gasteiger partial charge in [-0.3, -0.25) is 9.69 Å². The van der Waals surface area contributed by atoms with Crippen LogP contribution >= 0.6 is 0 Å². The molecule has 1 saturated heterocycles. The fourth-order valence-electron chi connectivity index (χ4n) is 4.74. The van der Waals surface area contributed by atoms with E-state index >= 15 is 0 Å². The van der Waals surface area contributed by atoms with Gasteiger partial charge in [0.1, 0.15) is 0 Å². The second kappa shape index (κ2) is 11.5. The van der Waals surface area contributed by atoms with Crippen LogP contribution in [0, 0.1) is 11.3 Å². The Hall–Kier alpha value is -3.47.